The zero-order valence-corrected chi connectivity index (χ0v) is 27.7. The lowest BCUT2D eigenvalue weighted by Gasteiger charge is -2.28. The number of nitrogens with zero attached hydrogens (tertiary/aromatic N) is 2. The first kappa shape index (κ1) is 27.6. The van der Waals surface area contributed by atoms with E-state index in [4.69, 9.17) is 4.42 Å². The summed E-state index contributed by atoms with van der Waals surface area (Å²) < 4.78 is 11.5. The molecule has 0 fully saturated rings. The minimum atomic E-state index is 0.883. The highest BCUT2D eigenvalue weighted by molar-refractivity contribution is 7.26. The lowest BCUT2D eigenvalue weighted by atomic mass is 10.00. The van der Waals surface area contributed by atoms with E-state index in [-0.39, 0.29) is 0 Å². The summed E-state index contributed by atoms with van der Waals surface area (Å²) in [4.78, 5) is 2.46. The van der Waals surface area contributed by atoms with Crippen LogP contribution in [0, 0.1) is 0 Å². The third-order valence-electron chi connectivity index (χ3n) is 10.2. The Hall–Kier alpha value is -6.36. The van der Waals surface area contributed by atoms with E-state index in [2.05, 4.69) is 173 Å². The smallest absolute Gasteiger partial charge is 0.138 e. The van der Waals surface area contributed by atoms with Crippen molar-refractivity contribution in [3.63, 3.8) is 0 Å². The molecule has 3 nitrogen and oxygen atoms in total. The molecule has 0 unspecified atom stereocenters. The largest absolute Gasteiger partial charge is 0.456 e. The minimum Gasteiger partial charge on any atom is -0.456 e. The van der Waals surface area contributed by atoms with E-state index in [9.17, 15) is 0 Å². The standard InChI is InChI=1S/C46H28N2OS/c1-2-13-29(14-3-1)47-37-20-9-6-16-32(37)36-27-30(25-26-38(36)47)48(39-21-12-24-44-46(39)35-19-8-11-23-43(35)50-44)40-28-42-45(33-17-5-4-15-31(33)40)34-18-7-10-22-41(34)49-42/h1-28H. The maximum absolute atomic E-state index is 6.62. The Morgan fingerprint density at radius 2 is 1.10 bits per heavy atom. The van der Waals surface area contributed by atoms with Crippen LogP contribution in [0.15, 0.2) is 174 Å². The van der Waals surface area contributed by atoms with Gasteiger partial charge in [-0.25, -0.2) is 0 Å². The molecule has 11 rings (SSSR count). The zero-order valence-electron chi connectivity index (χ0n) is 26.9. The van der Waals surface area contributed by atoms with Crippen molar-refractivity contribution >= 4 is 103 Å². The molecule has 8 aromatic carbocycles. The van der Waals surface area contributed by atoms with Crippen LogP contribution in [0.4, 0.5) is 17.1 Å². The first-order valence-corrected chi connectivity index (χ1v) is 17.8. The van der Waals surface area contributed by atoms with Crippen LogP contribution in [0.2, 0.25) is 0 Å². The molecule has 0 aliphatic carbocycles. The lowest BCUT2D eigenvalue weighted by molar-refractivity contribution is 0.669. The Morgan fingerprint density at radius 3 is 1.98 bits per heavy atom. The van der Waals surface area contributed by atoms with Crippen molar-refractivity contribution in [2.75, 3.05) is 4.90 Å². The molecule has 0 saturated heterocycles. The van der Waals surface area contributed by atoms with Crippen molar-refractivity contribution in [1.29, 1.82) is 0 Å². The molecule has 3 heterocycles. The molecular formula is C46H28N2OS. The number of anilines is 3. The number of rotatable bonds is 4. The van der Waals surface area contributed by atoms with Crippen LogP contribution in [0.1, 0.15) is 0 Å². The SMILES string of the molecule is c1ccc(-n2c3ccccc3c3cc(N(c4cc5oc6ccccc6c5c5ccccc45)c4cccc5sc6ccccc6c45)ccc32)cc1. The van der Waals surface area contributed by atoms with Crippen molar-refractivity contribution in [1.82, 2.24) is 4.57 Å². The van der Waals surface area contributed by atoms with Gasteiger partial charge in [-0.1, -0.05) is 103 Å². The molecule has 0 N–H and O–H groups in total. The first-order chi connectivity index (χ1) is 24.8. The maximum Gasteiger partial charge on any atom is 0.138 e. The molecule has 0 radical (unpaired) electrons. The van der Waals surface area contributed by atoms with E-state index in [1.807, 2.05) is 17.4 Å². The van der Waals surface area contributed by atoms with Crippen LogP contribution >= 0.6 is 11.3 Å². The first-order valence-electron chi connectivity index (χ1n) is 16.9. The Bertz CT molecular complexity index is 3110. The second-order valence-electron chi connectivity index (χ2n) is 12.9. The minimum absolute atomic E-state index is 0.883. The van der Waals surface area contributed by atoms with Gasteiger partial charge in [0.15, 0.2) is 0 Å². The average Bonchev–Trinajstić information content (AvgIpc) is 3.85. The van der Waals surface area contributed by atoms with Gasteiger partial charge in [0, 0.05) is 64.5 Å². The predicted molar refractivity (Wildman–Crippen MR) is 213 cm³/mol. The molecule has 0 bridgehead atoms. The number of para-hydroxylation sites is 3. The molecule has 234 valence electrons. The molecule has 0 spiro atoms. The Balaban J connectivity index is 1.27. The van der Waals surface area contributed by atoms with Gasteiger partial charge in [-0.2, -0.15) is 0 Å². The highest BCUT2D eigenvalue weighted by atomic mass is 32.1. The second kappa shape index (κ2) is 10.6. The topological polar surface area (TPSA) is 21.3 Å². The number of hydrogen-bond acceptors (Lipinski definition) is 3. The van der Waals surface area contributed by atoms with E-state index in [1.165, 1.54) is 52.8 Å². The van der Waals surface area contributed by atoms with Gasteiger partial charge < -0.3 is 13.9 Å². The molecule has 0 saturated carbocycles. The van der Waals surface area contributed by atoms with E-state index < -0.39 is 0 Å². The number of benzene rings is 8. The summed E-state index contributed by atoms with van der Waals surface area (Å²) in [7, 11) is 0. The van der Waals surface area contributed by atoms with Gasteiger partial charge in [0.25, 0.3) is 0 Å². The highest BCUT2D eigenvalue weighted by Gasteiger charge is 2.24. The number of fused-ring (bicyclic) bond motifs is 11. The van der Waals surface area contributed by atoms with Crippen LogP contribution in [-0.4, -0.2) is 4.57 Å². The van der Waals surface area contributed by atoms with Gasteiger partial charge >= 0.3 is 0 Å². The third kappa shape index (κ3) is 3.91. The van der Waals surface area contributed by atoms with Crippen LogP contribution in [0.5, 0.6) is 0 Å². The Labute approximate surface area is 291 Å². The van der Waals surface area contributed by atoms with Crippen molar-refractivity contribution in [2.24, 2.45) is 0 Å². The molecule has 11 aromatic rings. The average molecular weight is 657 g/mol. The number of furan rings is 1. The van der Waals surface area contributed by atoms with Crippen LogP contribution in [0.3, 0.4) is 0 Å². The Morgan fingerprint density at radius 1 is 0.420 bits per heavy atom. The maximum atomic E-state index is 6.62. The number of aromatic nitrogens is 1. The molecule has 50 heavy (non-hydrogen) atoms. The quantitative estimate of drug-likeness (QED) is 0.188. The monoisotopic (exact) mass is 656 g/mol. The summed E-state index contributed by atoms with van der Waals surface area (Å²) in [6.45, 7) is 0. The highest BCUT2D eigenvalue weighted by Crippen LogP contribution is 2.49. The van der Waals surface area contributed by atoms with Gasteiger partial charge in [0.05, 0.1) is 22.4 Å². The zero-order chi connectivity index (χ0) is 32.8. The van der Waals surface area contributed by atoms with Crippen LogP contribution < -0.4 is 4.90 Å². The van der Waals surface area contributed by atoms with E-state index in [0.29, 0.717) is 0 Å². The van der Waals surface area contributed by atoms with E-state index in [0.717, 1.165) is 44.7 Å². The van der Waals surface area contributed by atoms with E-state index >= 15 is 0 Å². The predicted octanol–water partition coefficient (Wildman–Crippen LogP) is 13.7. The summed E-state index contributed by atoms with van der Waals surface area (Å²) in [5.74, 6) is 0. The summed E-state index contributed by atoms with van der Waals surface area (Å²) in [5.41, 5.74) is 8.63. The molecule has 3 aromatic heterocycles. The Kier molecular flexibility index (Phi) is 5.83. The lowest BCUT2D eigenvalue weighted by Crippen LogP contribution is -2.11. The second-order valence-corrected chi connectivity index (χ2v) is 14.0. The summed E-state index contributed by atoms with van der Waals surface area (Å²) >= 11 is 1.85. The van der Waals surface area contributed by atoms with Crippen molar-refractivity contribution in [2.45, 2.75) is 0 Å². The molecule has 0 aliphatic heterocycles. The summed E-state index contributed by atoms with van der Waals surface area (Å²) in [6, 6.07) is 61.2. The number of hydrogen-bond donors (Lipinski definition) is 0. The third-order valence-corrected chi connectivity index (χ3v) is 11.3. The molecule has 0 aliphatic rings. The fraction of sp³-hybridized carbons (Fsp3) is 0. The van der Waals surface area contributed by atoms with Gasteiger partial charge in [-0.15, -0.1) is 11.3 Å². The van der Waals surface area contributed by atoms with E-state index in [1.54, 1.807) is 0 Å². The fourth-order valence-corrected chi connectivity index (χ4v) is 9.19. The fourth-order valence-electron chi connectivity index (χ4n) is 8.06. The summed E-state index contributed by atoms with van der Waals surface area (Å²) in [5, 5.41) is 9.61. The summed E-state index contributed by atoms with van der Waals surface area (Å²) in [6.07, 6.45) is 0. The van der Waals surface area contributed by atoms with Gasteiger partial charge in [-0.3, -0.25) is 0 Å². The molecule has 0 atom stereocenters. The molecule has 4 heteroatoms. The van der Waals surface area contributed by atoms with Crippen LogP contribution in [0.25, 0.3) is 80.4 Å². The molecular weight excluding hydrogens is 629 g/mol. The van der Waals surface area contributed by atoms with Gasteiger partial charge in [0.2, 0.25) is 0 Å². The van der Waals surface area contributed by atoms with Crippen LogP contribution in [-0.2, 0) is 0 Å². The van der Waals surface area contributed by atoms with Gasteiger partial charge in [0.1, 0.15) is 11.2 Å². The van der Waals surface area contributed by atoms with Crippen molar-refractivity contribution in [3.05, 3.63) is 170 Å². The van der Waals surface area contributed by atoms with Crippen molar-refractivity contribution < 1.29 is 4.42 Å². The van der Waals surface area contributed by atoms with Crippen molar-refractivity contribution in [3.8, 4) is 5.69 Å². The normalized spacial score (nSPS) is 12.0. The number of thiophene rings is 1. The molecule has 0 amide bonds. The van der Waals surface area contributed by atoms with Gasteiger partial charge in [-0.05, 0) is 66.0 Å².